The maximum absolute atomic E-state index is 11.8. The monoisotopic (exact) mass is 298 g/mol. The van der Waals surface area contributed by atoms with Gasteiger partial charge < -0.3 is 4.74 Å². The number of hydrogen-bond acceptors (Lipinski definition) is 4. The molecular weight excluding hydrogens is 280 g/mol. The van der Waals surface area contributed by atoms with Crippen molar-refractivity contribution in [1.82, 2.24) is 9.78 Å². The minimum Gasteiger partial charge on any atom is -0.467 e. The molecule has 22 heavy (non-hydrogen) atoms. The maximum atomic E-state index is 11.8. The van der Waals surface area contributed by atoms with Gasteiger partial charge in [0.1, 0.15) is 0 Å². The Labute approximate surface area is 128 Å². The number of methoxy groups -OCH3 is 1. The lowest BCUT2D eigenvalue weighted by molar-refractivity contribution is -0.150. The average molecular weight is 298 g/mol. The lowest BCUT2D eigenvalue weighted by Gasteiger charge is -2.21. The van der Waals surface area contributed by atoms with Crippen LogP contribution >= 0.6 is 0 Å². The lowest BCUT2D eigenvalue weighted by atomic mass is 10.0. The second-order valence-electron chi connectivity index (χ2n) is 6.02. The molecule has 0 unspecified atom stereocenters. The Morgan fingerprint density at radius 3 is 2.77 bits per heavy atom. The van der Waals surface area contributed by atoms with Crippen molar-refractivity contribution in [3.63, 3.8) is 0 Å². The third-order valence-electron chi connectivity index (χ3n) is 4.20. The molecule has 0 fully saturated rings. The summed E-state index contributed by atoms with van der Waals surface area (Å²) in [5, 5.41) is 4.29. The van der Waals surface area contributed by atoms with Gasteiger partial charge in [-0.3, -0.25) is 9.48 Å². The van der Waals surface area contributed by atoms with Gasteiger partial charge in [-0.2, -0.15) is 5.10 Å². The van der Waals surface area contributed by atoms with Crippen LogP contribution < -0.4 is 0 Å². The zero-order valence-corrected chi connectivity index (χ0v) is 12.9. The van der Waals surface area contributed by atoms with E-state index in [1.807, 2.05) is 24.4 Å². The van der Waals surface area contributed by atoms with Crippen molar-refractivity contribution in [2.24, 2.45) is 0 Å². The van der Waals surface area contributed by atoms with E-state index in [0.717, 1.165) is 28.7 Å². The third-order valence-corrected chi connectivity index (χ3v) is 4.20. The zero-order chi connectivity index (χ0) is 15.9. The summed E-state index contributed by atoms with van der Waals surface area (Å²) in [7, 11) is 1.37. The largest absolute Gasteiger partial charge is 0.467 e. The van der Waals surface area contributed by atoms with Gasteiger partial charge in [-0.05, 0) is 31.4 Å². The van der Waals surface area contributed by atoms with Crippen LogP contribution in [-0.2, 0) is 21.5 Å². The molecule has 1 aliphatic carbocycles. The number of aryl methyl sites for hydroxylation is 1. The molecule has 0 amide bonds. The number of rotatable bonds is 3. The van der Waals surface area contributed by atoms with Gasteiger partial charge in [-0.25, -0.2) is 4.79 Å². The highest BCUT2D eigenvalue weighted by atomic mass is 16.5. The Balaban J connectivity index is 1.95. The van der Waals surface area contributed by atoms with Crippen molar-refractivity contribution < 1.29 is 14.3 Å². The molecule has 2 aromatic rings. The minimum absolute atomic E-state index is 0.212. The standard InChI is InChI=1S/C17H18N2O3/c1-17(2,16(21)22-3)19-10-13(9-18-19)11-4-6-14-12(8-11)5-7-15(14)20/h4,6,8-10H,5,7H2,1-3H3. The molecule has 114 valence electrons. The molecule has 0 spiro atoms. The van der Waals surface area contributed by atoms with E-state index < -0.39 is 5.54 Å². The Hall–Kier alpha value is -2.43. The third kappa shape index (κ3) is 2.22. The fourth-order valence-corrected chi connectivity index (χ4v) is 2.76. The Morgan fingerprint density at radius 2 is 2.05 bits per heavy atom. The number of benzene rings is 1. The predicted octanol–water partition coefficient (Wildman–Crippen LogP) is 2.59. The first-order valence-corrected chi connectivity index (χ1v) is 7.23. The Bertz CT molecular complexity index is 759. The Kier molecular flexibility index (Phi) is 3.35. The molecule has 0 aliphatic heterocycles. The number of carbonyl (C=O) groups is 2. The zero-order valence-electron chi connectivity index (χ0n) is 12.9. The SMILES string of the molecule is COC(=O)C(C)(C)n1cc(-c2ccc3c(c2)CCC3=O)cn1. The van der Waals surface area contributed by atoms with Crippen LogP contribution in [0.25, 0.3) is 11.1 Å². The number of ether oxygens (including phenoxy) is 1. The first-order valence-electron chi connectivity index (χ1n) is 7.23. The number of ketones is 1. The smallest absolute Gasteiger partial charge is 0.333 e. The van der Waals surface area contributed by atoms with Crippen LogP contribution in [0, 0.1) is 0 Å². The van der Waals surface area contributed by atoms with E-state index in [9.17, 15) is 9.59 Å². The fraction of sp³-hybridized carbons (Fsp3) is 0.353. The minimum atomic E-state index is -0.861. The van der Waals surface area contributed by atoms with Crippen molar-refractivity contribution in [3.05, 3.63) is 41.7 Å². The van der Waals surface area contributed by atoms with E-state index in [-0.39, 0.29) is 11.8 Å². The molecular formula is C17H18N2O3. The quantitative estimate of drug-likeness (QED) is 0.817. The molecule has 0 saturated carbocycles. The normalized spacial score (nSPS) is 14.0. The lowest BCUT2D eigenvalue weighted by Crippen LogP contribution is -2.37. The van der Waals surface area contributed by atoms with Gasteiger partial charge in [0.15, 0.2) is 11.3 Å². The molecule has 1 aromatic carbocycles. The Morgan fingerprint density at radius 1 is 1.27 bits per heavy atom. The van der Waals surface area contributed by atoms with Gasteiger partial charge in [-0.15, -0.1) is 0 Å². The maximum Gasteiger partial charge on any atom is 0.333 e. The number of aromatic nitrogens is 2. The average Bonchev–Trinajstić information content (AvgIpc) is 3.14. The summed E-state index contributed by atoms with van der Waals surface area (Å²) < 4.78 is 6.42. The molecule has 5 nitrogen and oxygen atoms in total. The number of nitrogens with zero attached hydrogens (tertiary/aromatic N) is 2. The van der Waals surface area contributed by atoms with Gasteiger partial charge in [0, 0.05) is 23.7 Å². The summed E-state index contributed by atoms with van der Waals surface area (Å²) in [5.41, 5.74) is 2.97. The van der Waals surface area contributed by atoms with Gasteiger partial charge in [0.25, 0.3) is 0 Å². The van der Waals surface area contributed by atoms with Crippen molar-refractivity contribution in [2.75, 3.05) is 7.11 Å². The highest BCUT2D eigenvalue weighted by molar-refractivity contribution is 6.00. The van der Waals surface area contributed by atoms with Gasteiger partial charge in [0.2, 0.25) is 0 Å². The van der Waals surface area contributed by atoms with Crippen LogP contribution in [-0.4, -0.2) is 28.6 Å². The highest BCUT2D eigenvalue weighted by Gasteiger charge is 2.32. The molecule has 5 heteroatoms. The molecule has 0 atom stereocenters. The summed E-state index contributed by atoms with van der Waals surface area (Å²) in [6.45, 7) is 3.52. The van der Waals surface area contributed by atoms with Gasteiger partial charge in [0.05, 0.1) is 13.3 Å². The molecule has 3 rings (SSSR count). The molecule has 1 aromatic heterocycles. The van der Waals surface area contributed by atoms with Crippen molar-refractivity contribution in [1.29, 1.82) is 0 Å². The van der Waals surface area contributed by atoms with Crippen LogP contribution in [0.3, 0.4) is 0 Å². The molecule has 0 N–H and O–H groups in total. The second-order valence-corrected chi connectivity index (χ2v) is 6.02. The van der Waals surface area contributed by atoms with Crippen LogP contribution in [0.1, 0.15) is 36.2 Å². The van der Waals surface area contributed by atoms with Crippen molar-refractivity contribution in [2.45, 2.75) is 32.2 Å². The predicted molar refractivity (Wildman–Crippen MR) is 81.7 cm³/mol. The van der Waals surface area contributed by atoms with Crippen LogP contribution in [0.15, 0.2) is 30.6 Å². The van der Waals surface area contributed by atoms with Gasteiger partial charge >= 0.3 is 5.97 Å². The number of Topliss-reactive ketones (excluding diaryl/α,β-unsaturated/α-hetero) is 1. The molecule has 1 aliphatic rings. The number of fused-ring (bicyclic) bond motifs is 1. The van der Waals surface area contributed by atoms with Crippen molar-refractivity contribution in [3.8, 4) is 11.1 Å². The topological polar surface area (TPSA) is 61.2 Å². The first kappa shape index (κ1) is 14.5. The van der Waals surface area contributed by atoms with E-state index in [1.54, 1.807) is 24.7 Å². The summed E-state index contributed by atoms with van der Waals surface area (Å²) >= 11 is 0. The number of esters is 1. The number of hydrogen-bond donors (Lipinski definition) is 0. The summed E-state index contributed by atoms with van der Waals surface area (Å²) in [6, 6.07) is 5.84. The second kappa shape index (κ2) is 5.09. The van der Waals surface area contributed by atoms with E-state index in [1.165, 1.54) is 7.11 Å². The van der Waals surface area contributed by atoms with Crippen LogP contribution in [0.4, 0.5) is 0 Å². The van der Waals surface area contributed by atoms with Gasteiger partial charge in [-0.1, -0.05) is 18.2 Å². The van der Waals surface area contributed by atoms with Crippen molar-refractivity contribution >= 4 is 11.8 Å². The van der Waals surface area contributed by atoms with Crippen LogP contribution in [0.2, 0.25) is 0 Å². The van der Waals surface area contributed by atoms with E-state index >= 15 is 0 Å². The van der Waals surface area contributed by atoms with E-state index in [0.29, 0.717) is 6.42 Å². The number of carbonyl (C=O) groups excluding carboxylic acids is 2. The first-order chi connectivity index (χ1) is 10.4. The summed E-state index contributed by atoms with van der Waals surface area (Å²) in [5.74, 6) is -0.134. The van der Waals surface area contributed by atoms with E-state index in [2.05, 4.69) is 5.10 Å². The molecule has 0 saturated heterocycles. The molecule has 0 bridgehead atoms. The molecule has 1 heterocycles. The highest BCUT2D eigenvalue weighted by Crippen LogP contribution is 2.29. The molecule has 0 radical (unpaired) electrons. The summed E-state index contributed by atoms with van der Waals surface area (Å²) in [6.07, 6.45) is 4.94. The summed E-state index contributed by atoms with van der Waals surface area (Å²) in [4.78, 5) is 23.5. The van der Waals surface area contributed by atoms with Crippen LogP contribution in [0.5, 0.6) is 0 Å². The van der Waals surface area contributed by atoms with E-state index in [4.69, 9.17) is 4.74 Å². The fourth-order valence-electron chi connectivity index (χ4n) is 2.76.